The number of methoxy groups -OCH3 is 2. The zero-order valence-electron chi connectivity index (χ0n) is 17.8. The lowest BCUT2D eigenvalue weighted by atomic mass is 10.1. The van der Waals surface area contributed by atoms with Gasteiger partial charge < -0.3 is 19.4 Å². The number of amides is 1. The van der Waals surface area contributed by atoms with Gasteiger partial charge in [-0.15, -0.1) is 21.5 Å². The Morgan fingerprint density at radius 1 is 1.23 bits per heavy atom. The van der Waals surface area contributed by atoms with Gasteiger partial charge in [-0.1, -0.05) is 18.7 Å². The van der Waals surface area contributed by atoms with E-state index in [-0.39, 0.29) is 11.7 Å². The molecule has 0 unspecified atom stereocenters. The molecule has 0 bridgehead atoms. The third-order valence-electron chi connectivity index (χ3n) is 4.74. The van der Waals surface area contributed by atoms with Crippen molar-refractivity contribution in [3.05, 3.63) is 34.0 Å². The van der Waals surface area contributed by atoms with Crippen molar-refractivity contribution in [1.82, 2.24) is 14.8 Å². The van der Waals surface area contributed by atoms with Gasteiger partial charge in [0.05, 0.1) is 25.7 Å². The van der Waals surface area contributed by atoms with Crippen LogP contribution in [-0.2, 0) is 17.8 Å². The van der Waals surface area contributed by atoms with Crippen molar-refractivity contribution in [2.24, 2.45) is 0 Å². The second-order valence-electron chi connectivity index (χ2n) is 6.49. The third-order valence-corrected chi connectivity index (χ3v) is 6.66. The zero-order valence-corrected chi connectivity index (χ0v) is 19.4. The third kappa shape index (κ3) is 4.62. The van der Waals surface area contributed by atoms with Crippen LogP contribution in [0.2, 0.25) is 0 Å². The summed E-state index contributed by atoms with van der Waals surface area (Å²) in [4.78, 5) is 13.9. The number of thioether (sulfide) groups is 1. The number of ether oxygens (including phenoxy) is 2. The lowest BCUT2D eigenvalue weighted by Crippen LogP contribution is -2.15. The van der Waals surface area contributed by atoms with Crippen LogP contribution in [0.1, 0.15) is 24.3 Å². The highest BCUT2D eigenvalue weighted by Crippen LogP contribution is 2.33. The fraction of sp³-hybridized carbons (Fsp3) is 0.381. The van der Waals surface area contributed by atoms with Crippen molar-refractivity contribution in [1.29, 1.82) is 0 Å². The van der Waals surface area contributed by atoms with Gasteiger partial charge in [-0.3, -0.25) is 4.79 Å². The average molecular weight is 447 g/mol. The van der Waals surface area contributed by atoms with E-state index in [4.69, 9.17) is 9.47 Å². The van der Waals surface area contributed by atoms with Gasteiger partial charge in [-0.05, 0) is 38.0 Å². The highest BCUT2D eigenvalue weighted by Gasteiger charge is 2.19. The number of nitrogens with zero attached hydrogens (tertiary/aromatic N) is 3. The monoisotopic (exact) mass is 446 g/mol. The molecule has 30 heavy (non-hydrogen) atoms. The fourth-order valence-electron chi connectivity index (χ4n) is 3.21. The quantitative estimate of drug-likeness (QED) is 0.482. The molecule has 2 heterocycles. The molecular weight excluding hydrogens is 420 g/mol. The summed E-state index contributed by atoms with van der Waals surface area (Å²) >= 11 is 3.10. The molecule has 0 atom stereocenters. The predicted octanol–water partition coefficient (Wildman–Crippen LogP) is 4.65. The SMILES string of the molecule is CCc1c(-c2nnc(SCC(=O)Nc3cc(OC)ccc3OC)n2CC)csc1C. The Kier molecular flexibility index (Phi) is 7.38. The van der Waals surface area contributed by atoms with E-state index in [0.717, 1.165) is 29.5 Å². The molecule has 7 nitrogen and oxygen atoms in total. The minimum absolute atomic E-state index is 0.153. The van der Waals surface area contributed by atoms with Gasteiger partial charge in [0.15, 0.2) is 11.0 Å². The fourth-order valence-corrected chi connectivity index (χ4v) is 4.96. The average Bonchev–Trinajstić information content (AvgIpc) is 3.34. The molecule has 0 saturated carbocycles. The topological polar surface area (TPSA) is 78.3 Å². The molecule has 0 spiro atoms. The zero-order chi connectivity index (χ0) is 21.7. The van der Waals surface area contributed by atoms with Gasteiger partial charge in [-0.2, -0.15) is 0 Å². The van der Waals surface area contributed by atoms with Crippen molar-refractivity contribution >= 4 is 34.7 Å². The first kappa shape index (κ1) is 22.2. The Bertz CT molecular complexity index is 1030. The number of nitrogens with one attached hydrogen (secondary N) is 1. The van der Waals surface area contributed by atoms with Crippen LogP contribution < -0.4 is 14.8 Å². The van der Waals surface area contributed by atoms with E-state index in [1.54, 1.807) is 43.8 Å². The first-order valence-corrected chi connectivity index (χ1v) is 11.5. The smallest absolute Gasteiger partial charge is 0.234 e. The van der Waals surface area contributed by atoms with Crippen molar-refractivity contribution in [2.75, 3.05) is 25.3 Å². The minimum Gasteiger partial charge on any atom is -0.497 e. The first-order valence-electron chi connectivity index (χ1n) is 9.67. The summed E-state index contributed by atoms with van der Waals surface area (Å²) < 4.78 is 12.6. The summed E-state index contributed by atoms with van der Waals surface area (Å²) in [7, 11) is 3.14. The number of anilines is 1. The van der Waals surface area contributed by atoms with Crippen LogP contribution in [0, 0.1) is 6.92 Å². The molecule has 0 fully saturated rings. The van der Waals surface area contributed by atoms with Gasteiger partial charge in [0.2, 0.25) is 5.91 Å². The minimum atomic E-state index is -0.153. The van der Waals surface area contributed by atoms with Crippen LogP contribution in [0.3, 0.4) is 0 Å². The van der Waals surface area contributed by atoms with Crippen LogP contribution in [0.5, 0.6) is 11.5 Å². The second kappa shape index (κ2) is 9.99. The van der Waals surface area contributed by atoms with Crippen LogP contribution >= 0.6 is 23.1 Å². The molecule has 0 aliphatic rings. The van der Waals surface area contributed by atoms with E-state index in [2.05, 4.69) is 46.2 Å². The Hall–Kier alpha value is -2.52. The van der Waals surface area contributed by atoms with Crippen LogP contribution in [0.25, 0.3) is 11.4 Å². The number of aromatic nitrogens is 3. The Morgan fingerprint density at radius 2 is 2.03 bits per heavy atom. The molecule has 0 aliphatic carbocycles. The van der Waals surface area contributed by atoms with E-state index < -0.39 is 0 Å². The molecule has 0 aliphatic heterocycles. The summed E-state index contributed by atoms with van der Waals surface area (Å²) in [6.07, 6.45) is 0.953. The van der Waals surface area contributed by atoms with E-state index in [1.807, 2.05) is 0 Å². The number of rotatable bonds is 9. The number of carbonyl (C=O) groups excluding carboxylic acids is 1. The van der Waals surface area contributed by atoms with E-state index >= 15 is 0 Å². The number of benzene rings is 1. The first-order chi connectivity index (χ1) is 14.5. The predicted molar refractivity (Wildman–Crippen MR) is 122 cm³/mol. The van der Waals surface area contributed by atoms with Crippen molar-refractivity contribution in [2.45, 2.75) is 38.9 Å². The summed E-state index contributed by atoms with van der Waals surface area (Å²) in [6.45, 7) is 7.07. The maximum atomic E-state index is 12.5. The molecule has 1 aromatic carbocycles. The van der Waals surface area contributed by atoms with Gasteiger partial charge in [0.25, 0.3) is 0 Å². The van der Waals surface area contributed by atoms with Crippen LogP contribution in [-0.4, -0.2) is 40.6 Å². The number of carbonyl (C=O) groups is 1. The maximum Gasteiger partial charge on any atom is 0.234 e. The highest BCUT2D eigenvalue weighted by atomic mass is 32.2. The van der Waals surface area contributed by atoms with Gasteiger partial charge in [-0.25, -0.2) is 0 Å². The molecule has 1 amide bonds. The molecule has 0 saturated heterocycles. The standard InChI is InChI=1S/C21H26N4O3S2/c1-6-15-13(3)29-11-16(15)20-23-24-21(25(20)7-2)30-12-19(26)22-17-10-14(27-4)8-9-18(17)28-5/h8-11H,6-7,12H2,1-5H3,(H,22,26). The molecule has 2 aromatic heterocycles. The van der Waals surface area contributed by atoms with Crippen molar-refractivity contribution < 1.29 is 14.3 Å². The van der Waals surface area contributed by atoms with Crippen LogP contribution in [0.15, 0.2) is 28.7 Å². The Labute approximate surface area is 184 Å². The van der Waals surface area contributed by atoms with Crippen molar-refractivity contribution in [3.8, 4) is 22.9 Å². The number of hydrogen-bond acceptors (Lipinski definition) is 7. The Morgan fingerprint density at radius 3 is 2.70 bits per heavy atom. The molecular formula is C21H26N4O3S2. The van der Waals surface area contributed by atoms with Crippen molar-refractivity contribution in [3.63, 3.8) is 0 Å². The molecule has 160 valence electrons. The van der Waals surface area contributed by atoms with Gasteiger partial charge in [0, 0.05) is 28.4 Å². The molecule has 3 aromatic rings. The molecule has 1 N–H and O–H groups in total. The van der Waals surface area contributed by atoms with Gasteiger partial charge >= 0.3 is 0 Å². The van der Waals surface area contributed by atoms with E-state index in [1.165, 1.54) is 22.2 Å². The Balaban J connectivity index is 1.74. The molecule has 9 heteroatoms. The summed E-state index contributed by atoms with van der Waals surface area (Å²) in [5.41, 5.74) is 3.01. The number of thiophene rings is 1. The van der Waals surface area contributed by atoms with Gasteiger partial charge in [0.1, 0.15) is 11.5 Å². The summed E-state index contributed by atoms with van der Waals surface area (Å²) in [5, 5.41) is 14.5. The van der Waals surface area contributed by atoms with Crippen LogP contribution in [0.4, 0.5) is 5.69 Å². The summed E-state index contributed by atoms with van der Waals surface area (Å²) in [6, 6.07) is 5.28. The lowest BCUT2D eigenvalue weighted by molar-refractivity contribution is -0.113. The summed E-state index contributed by atoms with van der Waals surface area (Å²) in [5.74, 6) is 2.14. The number of aryl methyl sites for hydroxylation is 1. The van der Waals surface area contributed by atoms with E-state index in [9.17, 15) is 4.79 Å². The largest absolute Gasteiger partial charge is 0.497 e. The lowest BCUT2D eigenvalue weighted by Gasteiger charge is -2.12. The number of hydrogen-bond donors (Lipinski definition) is 1. The highest BCUT2D eigenvalue weighted by molar-refractivity contribution is 7.99. The normalized spacial score (nSPS) is 10.8. The second-order valence-corrected chi connectivity index (χ2v) is 8.52. The maximum absolute atomic E-state index is 12.5. The molecule has 3 rings (SSSR count). The molecule has 0 radical (unpaired) electrons. The van der Waals surface area contributed by atoms with E-state index in [0.29, 0.717) is 17.2 Å².